The maximum atomic E-state index is 12.5. The number of esters is 3. The first kappa shape index (κ1) is 23.6. The molecule has 2 heterocycles. The Labute approximate surface area is 186 Å². The van der Waals surface area contributed by atoms with Crippen LogP contribution in [-0.2, 0) is 33.3 Å². The molecule has 1 aliphatic rings. The molecule has 1 aliphatic heterocycles. The Kier molecular flexibility index (Phi) is 7.09. The van der Waals surface area contributed by atoms with Gasteiger partial charge in [0.15, 0.2) is 18.3 Å². The van der Waals surface area contributed by atoms with Gasteiger partial charge in [0.05, 0.1) is 11.5 Å². The largest absolute Gasteiger partial charge is 0.506 e. The lowest BCUT2D eigenvalue weighted by atomic mass is 10.00. The van der Waals surface area contributed by atoms with Crippen LogP contribution in [0.2, 0.25) is 0 Å². The summed E-state index contributed by atoms with van der Waals surface area (Å²) in [4.78, 5) is 47.5. The predicted octanol–water partition coefficient (Wildman–Crippen LogP) is 2.13. The summed E-state index contributed by atoms with van der Waals surface area (Å²) < 4.78 is 27.1. The second-order valence-corrected chi connectivity index (χ2v) is 8.22. The number of ether oxygens (including phenoxy) is 4. The van der Waals surface area contributed by atoms with E-state index in [1.807, 2.05) is 0 Å². The van der Waals surface area contributed by atoms with Crippen molar-refractivity contribution >= 4 is 40.6 Å². The van der Waals surface area contributed by atoms with E-state index in [4.69, 9.17) is 23.4 Å². The van der Waals surface area contributed by atoms with E-state index in [0.717, 1.165) is 25.6 Å². The van der Waals surface area contributed by atoms with Crippen molar-refractivity contribution in [2.24, 2.45) is 0 Å². The maximum absolute atomic E-state index is 12.5. The van der Waals surface area contributed by atoms with Crippen molar-refractivity contribution in [3.8, 4) is 5.75 Å². The third-order valence-electron chi connectivity index (χ3n) is 4.61. The van der Waals surface area contributed by atoms with Crippen LogP contribution >= 0.6 is 11.8 Å². The van der Waals surface area contributed by atoms with Crippen LogP contribution in [-0.4, -0.2) is 52.9 Å². The molecule has 1 fully saturated rings. The van der Waals surface area contributed by atoms with Gasteiger partial charge in [-0.15, -0.1) is 0 Å². The van der Waals surface area contributed by atoms with Gasteiger partial charge in [0.1, 0.15) is 21.7 Å². The number of thioether (sulfide) groups is 1. The molecule has 3 rings (SSSR count). The Balaban J connectivity index is 2.03. The van der Waals surface area contributed by atoms with E-state index in [0.29, 0.717) is 5.39 Å². The monoisotopic (exact) mass is 466 g/mol. The van der Waals surface area contributed by atoms with Gasteiger partial charge in [0, 0.05) is 20.8 Å². The number of carbonyl (C=O) groups excluding carboxylic acids is 3. The van der Waals surface area contributed by atoms with Gasteiger partial charge in [-0.25, -0.2) is 4.79 Å². The highest BCUT2D eigenvalue weighted by molar-refractivity contribution is 8.00. The van der Waals surface area contributed by atoms with E-state index in [9.17, 15) is 24.3 Å². The zero-order valence-electron chi connectivity index (χ0n) is 17.7. The molecule has 0 spiro atoms. The number of carbonyl (C=O) groups is 3. The molecule has 0 unspecified atom stereocenters. The highest BCUT2D eigenvalue weighted by Gasteiger charge is 2.51. The fourth-order valence-corrected chi connectivity index (χ4v) is 4.57. The maximum Gasteiger partial charge on any atom is 0.353 e. The summed E-state index contributed by atoms with van der Waals surface area (Å²) in [5, 5.41) is 11.0. The lowest BCUT2D eigenvalue weighted by Gasteiger charge is -2.43. The van der Waals surface area contributed by atoms with Gasteiger partial charge in [0.25, 0.3) is 0 Å². The van der Waals surface area contributed by atoms with Crippen molar-refractivity contribution in [3.63, 3.8) is 0 Å². The zero-order chi connectivity index (χ0) is 23.6. The molecular formula is C21H22O10S. The summed E-state index contributed by atoms with van der Waals surface area (Å²) in [5.41, 5.74) is -1.73. The molecule has 10 nitrogen and oxygen atoms in total. The van der Waals surface area contributed by atoms with E-state index < -0.39 is 53.4 Å². The number of rotatable bonds is 5. The fraction of sp³-hybridized carbons (Fsp3) is 0.429. The topological polar surface area (TPSA) is 139 Å². The Bertz CT molecular complexity index is 1090. The lowest BCUT2D eigenvalue weighted by molar-refractivity contribution is -0.229. The van der Waals surface area contributed by atoms with Gasteiger partial charge in [-0.3, -0.25) is 14.4 Å². The number of hydrogen-bond donors (Lipinski definition) is 1. The molecule has 32 heavy (non-hydrogen) atoms. The van der Waals surface area contributed by atoms with Gasteiger partial charge in [-0.05, 0) is 19.1 Å². The quantitative estimate of drug-likeness (QED) is 0.394. The summed E-state index contributed by atoms with van der Waals surface area (Å²) in [7, 11) is 0. The molecule has 1 aromatic heterocycles. The molecule has 0 bridgehead atoms. The highest BCUT2D eigenvalue weighted by atomic mass is 32.2. The van der Waals surface area contributed by atoms with Crippen LogP contribution in [0.4, 0.5) is 0 Å². The van der Waals surface area contributed by atoms with Crippen LogP contribution in [0, 0.1) is 0 Å². The van der Waals surface area contributed by atoms with Gasteiger partial charge in [-0.1, -0.05) is 23.9 Å². The van der Waals surface area contributed by atoms with Crippen molar-refractivity contribution in [2.45, 2.75) is 62.4 Å². The second kappa shape index (κ2) is 9.61. The minimum absolute atomic E-state index is 0.175. The first-order chi connectivity index (χ1) is 15.1. The number of hydrogen-bond acceptors (Lipinski definition) is 11. The van der Waals surface area contributed by atoms with Crippen LogP contribution in [0.3, 0.4) is 0 Å². The van der Waals surface area contributed by atoms with E-state index in [2.05, 4.69) is 0 Å². The first-order valence-corrected chi connectivity index (χ1v) is 10.5. The summed E-state index contributed by atoms with van der Waals surface area (Å²) >= 11 is 0.751. The normalized spacial score (nSPS) is 25.2. The van der Waals surface area contributed by atoms with Gasteiger partial charge in [-0.2, -0.15) is 0 Å². The summed E-state index contributed by atoms with van der Waals surface area (Å²) in [6.45, 7) is 5.05. The number of benzene rings is 1. The van der Waals surface area contributed by atoms with Crippen molar-refractivity contribution < 1.29 is 42.9 Å². The van der Waals surface area contributed by atoms with E-state index in [1.54, 1.807) is 25.1 Å². The number of fused-ring (bicyclic) bond motifs is 1. The highest BCUT2D eigenvalue weighted by Crippen LogP contribution is 2.40. The van der Waals surface area contributed by atoms with Crippen LogP contribution in [0.1, 0.15) is 27.7 Å². The summed E-state index contributed by atoms with van der Waals surface area (Å²) in [6.07, 6.45) is -4.34. The van der Waals surface area contributed by atoms with Crippen LogP contribution in [0.5, 0.6) is 5.75 Å². The molecule has 172 valence electrons. The van der Waals surface area contributed by atoms with Crippen molar-refractivity contribution in [3.05, 3.63) is 34.7 Å². The summed E-state index contributed by atoms with van der Waals surface area (Å²) in [6, 6.07) is 6.42. The molecule has 1 aromatic carbocycles. The predicted molar refractivity (Wildman–Crippen MR) is 111 cm³/mol. The van der Waals surface area contributed by atoms with E-state index in [1.165, 1.54) is 13.0 Å². The smallest absolute Gasteiger partial charge is 0.353 e. The van der Waals surface area contributed by atoms with Crippen molar-refractivity contribution in [1.82, 2.24) is 0 Å². The molecule has 1 saturated heterocycles. The minimum Gasteiger partial charge on any atom is -0.506 e. The Morgan fingerprint density at radius 1 is 0.938 bits per heavy atom. The van der Waals surface area contributed by atoms with Gasteiger partial charge in [0.2, 0.25) is 0 Å². The SMILES string of the molecule is CC(=O)O[C@@H]1[C@H](OC(C)=O)[C@@H](Sc2c(O)c3ccccc3oc2=O)O[C@H](C)[C@H]1OC(C)=O. The fourth-order valence-electron chi connectivity index (χ4n) is 3.40. The van der Waals surface area contributed by atoms with Crippen molar-refractivity contribution in [1.29, 1.82) is 0 Å². The molecular weight excluding hydrogens is 444 g/mol. The van der Waals surface area contributed by atoms with E-state index in [-0.39, 0.29) is 16.2 Å². The van der Waals surface area contributed by atoms with Crippen molar-refractivity contribution in [2.75, 3.05) is 0 Å². The van der Waals surface area contributed by atoms with Gasteiger partial charge >= 0.3 is 23.5 Å². The molecule has 2 aromatic rings. The molecule has 0 amide bonds. The standard InChI is InChI=1S/C21H22O10S/c1-9-16(28-10(2)22)17(29-11(3)23)18(30-12(4)24)21(27-9)32-19-15(25)13-7-5-6-8-14(13)31-20(19)26/h5-9,16-18,21,25H,1-4H3/t9-,16-,17+,18+,21-/m1/s1. The van der Waals surface area contributed by atoms with Crippen LogP contribution in [0.15, 0.2) is 38.4 Å². The molecule has 0 aliphatic carbocycles. The molecule has 1 N–H and O–H groups in total. The van der Waals surface area contributed by atoms with Crippen LogP contribution in [0.25, 0.3) is 11.0 Å². The molecule has 11 heteroatoms. The average molecular weight is 466 g/mol. The molecule has 0 saturated carbocycles. The minimum atomic E-state index is -1.26. The van der Waals surface area contributed by atoms with Crippen LogP contribution < -0.4 is 5.63 Å². The Hall–Kier alpha value is -3.05. The average Bonchev–Trinajstić information content (AvgIpc) is 2.69. The number of para-hydroxylation sites is 1. The Morgan fingerprint density at radius 2 is 1.50 bits per heavy atom. The molecule has 0 radical (unpaired) electrons. The third-order valence-corrected chi connectivity index (χ3v) is 5.82. The second-order valence-electron chi connectivity index (χ2n) is 7.11. The number of aromatic hydroxyl groups is 1. The summed E-state index contributed by atoms with van der Waals surface area (Å²) in [5.74, 6) is -2.39. The zero-order valence-corrected chi connectivity index (χ0v) is 18.5. The Morgan fingerprint density at radius 3 is 2.12 bits per heavy atom. The first-order valence-electron chi connectivity index (χ1n) is 9.67. The van der Waals surface area contributed by atoms with Gasteiger partial charge < -0.3 is 28.5 Å². The van der Waals surface area contributed by atoms with E-state index >= 15 is 0 Å². The molecule has 5 atom stereocenters. The third kappa shape index (κ3) is 5.05. The lowest BCUT2D eigenvalue weighted by Crippen LogP contribution is -2.59.